The lowest BCUT2D eigenvalue weighted by atomic mass is 9.78. The number of phenols is 1. The lowest BCUT2D eigenvalue weighted by molar-refractivity contribution is -0.0440. The minimum atomic E-state index is -0.808. The molecule has 1 unspecified atom stereocenters. The second-order valence-corrected chi connectivity index (χ2v) is 7.16. The molecule has 1 heterocycles. The Kier molecular flexibility index (Phi) is 4.30. The van der Waals surface area contributed by atoms with Gasteiger partial charge in [-0.15, -0.1) is 0 Å². The Bertz CT molecular complexity index is 1090. The number of anilines is 1. The van der Waals surface area contributed by atoms with E-state index in [2.05, 4.69) is 41.7 Å². The smallest absolute Gasteiger partial charge is 0.159 e. The molecule has 0 amide bonds. The van der Waals surface area contributed by atoms with Gasteiger partial charge in [-0.25, -0.2) is 0 Å². The van der Waals surface area contributed by atoms with Crippen LogP contribution >= 0.6 is 0 Å². The number of rotatable bonds is 3. The number of aromatic hydroxyl groups is 1. The van der Waals surface area contributed by atoms with Crippen molar-refractivity contribution < 1.29 is 9.84 Å². The summed E-state index contributed by atoms with van der Waals surface area (Å²) in [5.74, 6) is 0.208. The van der Waals surface area contributed by atoms with Crippen LogP contribution in [0, 0.1) is 0 Å². The second kappa shape index (κ2) is 7.12. The Hall–Kier alpha value is -3.56. The summed E-state index contributed by atoms with van der Waals surface area (Å²) in [4.78, 5) is 0. The Labute approximate surface area is 170 Å². The van der Waals surface area contributed by atoms with Crippen LogP contribution in [0.5, 0.6) is 5.75 Å². The van der Waals surface area contributed by atoms with Crippen LogP contribution < -0.4 is 5.32 Å². The summed E-state index contributed by atoms with van der Waals surface area (Å²) in [6.45, 7) is 0. The molecule has 0 spiro atoms. The largest absolute Gasteiger partial charge is 0.507 e. The van der Waals surface area contributed by atoms with E-state index in [-0.39, 0.29) is 5.75 Å². The zero-order chi connectivity index (χ0) is 19.7. The van der Waals surface area contributed by atoms with E-state index in [0.717, 1.165) is 22.4 Å². The van der Waals surface area contributed by atoms with E-state index in [1.165, 1.54) is 0 Å². The van der Waals surface area contributed by atoms with Gasteiger partial charge in [0.1, 0.15) is 11.4 Å². The summed E-state index contributed by atoms with van der Waals surface area (Å²) >= 11 is 0. The lowest BCUT2D eigenvalue weighted by Crippen LogP contribution is -2.40. The van der Waals surface area contributed by atoms with Crippen LogP contribution in [-0.4, -0.2) is 5.11 Å². The maximum atomic E-state index is 10.5. The van der Waals surface area contributed by atoms with Gasteiger partial charge >= 0.3 is 0 Å². The second-order valence-electron chi connectivity index (χ2n) is 7.16. The maximum Gasteiger partial charge on any atom is 0.159 e. The van der Waals surface area contributed by atoms with E-state index < -0.39 is 11.8 Å². The van der Waals surface area contributed by atoms with E-state index in [4.69, 9.17) is 4.74 Å². The Balaban J connectivity index is 1.80. The molecule has 1 aliphatic rings. The number of phenolic OH excluding ortho intramolecular Hbond substituents is 1. The fraction of sp³-hybridized carbons (Fsp3) is 0.0769. The van der Waals surface area contributed by atoms with Gasteiger partial charge in [-0.05, 0) is 23.3 Å². The molecule has 0 radical (unpaired) electrons. The van der Waals surface area contributed by atoms with Crippen molar-refractivity contribution in [2.75, 3.05) is 5.32 Å². The van der Waals surface area contributed by atoms with Crippen LogP contribution in [0.3, 0.4) is 0 Å². The van der Waals surface area contributed by atoms with Crippen molar-refractivity contribution in [2.24, 2.45) is 0 Å². The first-order valence-electron chi connectivity index (χ1n) is 9.72. The molecule has 3 heteroatoms. The summed E-state index contributed by atoms with van der Waals surface area (Å²) < 4.78 is 6.87. The molecule has 142 valence electrons. The molecule has 5 rings (SSSR count). The van der Waals surface area contributed by atoms with Crippen LogP contribution in [0.4, 0.5) is 5.69 Å². The van der Waals surface area contributed by atoms with Gasteiger partial charge in [0.25, 0.3) is 0 Å². The Morgan fingerprint density at radius 1 is 0.655 bits per heavy atom. The average molecular weight is 379 g/mol. The third kappa shape index (κ3) is 2.87. The molecule has 2 N–H and O–H groups in total. The first kappa shape index (κ1) is 17.5. The summed E-state index contributed by atoms with van der Waals surface area (Å²) in [6, 6.07) is 36.0. The predicted octanol–water partition coefficient (Wildman–Crippen LogP) is 5.83. The van der Waals surface area contributed by atoms with E-state index in [0.29, 0.717) is 5.56 Å². The molecule has 1 aliphatic heterocycles. The van der Waals surface area contributed by atoms with E-state index >= 15 is 0 Å². The van der Waals surface area contributed by atoms with Crippen molar-refractivity contribution in [3.8, 4) is 5.75 Å². The zero-order valence-corrected chi connectivity index (χ0v) is 15.8. The lowest BCUT2D eigenvalue weighted by Gasteiger charge is -2.44. The van der Waals surface area contributed by atoms with Crippen LogP contribution in [0.2, 0.25) is 0 Å². The van der Waals surface area contributed by atoms with Crippen molar-refractivity contribution in [1.29, 1.82) is 0 Å². The molecule has 1 atom stereocenters. The molecule has 0 bridgehead atoms. The van der Waals surface area contributed by atoms with E-state index in [1.807, 2.05) is 66.7 Å². The molecule has 0 aromatic heterocycles. The highest BCUT2D eigenvalue weighted by Gasteiger charge is 2.45. The standard InChI is InChI=1S/C26H21NO2/c28-24-18-10-7-15-21(24)25-27-23-17-9-8-16-22(23)26(29-25,19-11-3-1-4-12-19)20-13-5-2-6-14-20/h1-18,25,27-28H. The minimum Gasteiger partial charge on any atom is -0.507 e. The van der Waals surface area contributed by atoms with Gasteiger partial charge in [0.2, 0.25) is 0 Å². The summed E-state index contributed by atoms with van der Waals surface area (Å²) in [5, 5.41) is 14.0. The van der Waals surface area contributed by atoms with Gasteiger partial charge in [-0.3, -0.25) is 0 Å². The molecular weight excluding hydrogens is 358 g/mol. The highest BCUT2D eigenvalue weighted by Crippen LogP contribution is 2.50. The molecule has 0 saturated heterocycles. The highest BCUT2D eigenvalue weighted by molar-refractivity contribution is 5.64. The normalized spacial score (nSPS) is 17.2. The Morgan fingerprint density at radius 3 is 1.86 bits per heavy atom. The molecule has 4 aromatic rings. The number of fused-ring (bicyclic) bond motifs is 1. The molecular formula is C26H21NO2. The molecule has 0 aliphatic carbocycles. The summed E-state index contributed by atoms with van der Waals surface area (Å²) in [6.07, 6.45) is -0.508. The van der Waals surface area contributed by atoms with Crippen LogP contribution in [0.15, 0.2) is 109 Å². The molecule has 29 heavy (non-hydrogen) atoms. The number of benzene rings is 4. The van der Waals surface area contributed by atoms with Gasteiger partial charge in [0.05, 0.1) is 0 Å². The first-order chi connectivity index (χ1) is 14.3. The topological polar surface area (TPSA) is 41.5 Å². The van der Waals surface area contributed by atoms with Crippen LogP contribution in [-0.2, 0) is 10.3 Å². The highest BCUT2D eigenvalue weighted by atomic mass is 16.5. The third-order valence-corrected chi connectivity index (χ3v) is 5.47. The van der Waals surface area contributed by atoms with Crippen molar-refractivity contribution >= 4 is 5.69 Å². The van der Waals surface area contributed by atoms with Crippen LogP contribution in [0.25, 0.3) is 0 Å². The fourth-order valence-electron chi connectivity index (χ4n) is 4.14. The molecule has 0 saturated carbocycles. The monoisotopic (exact) mass is 379 g/mol. The number of hydrogen-bond donors (Lipinski definition) is 2. The van der Waals surface area contributed by atoms with Crippen molar-refractivity contribution in [2.45, 2.75) is 11.8 Å². The van der Waals surface area contributed by atoms with Gasteiger partial charge in [0.15, 0.2) is 6.23 Å². The van der Waals surface area contributed by atoms with Gasteiger partial charge < -0.3 is 15.2 Å². The van der Waals surface area contributed by atoms with Crippen molar-refractivity contribution in [3.05, 3.63) is 131 Å². The van der Waals surface area contributed by atoms with Gasteiger partial charge in [-0.2, -0.15) is 0 Å². The van der Waals surface area contributed by atoms with Crippen molar-refractivity contribution in [3.63, 3.8) is 0 Å². The average Bonchev–Trinajstić information content (AvgIpc) is 2.80. The van der Waals surface area contributed by atoms with Crippen LogP contribution in [0.1, 0.15) is 28.5 Å². The predicted molar refractivity (Wildman–Crippen MR) is 115 cm³/mol. The zero-order valence-electron chi connectivity index (χ0n) is 15.8. The van der Waals surface area contributed by atoms with E-state index in [1.54, 1.807) is 6.07 Å². The molecule has 4 aromatic carbocycles. The van der Waals surface area contributed by atoms with E-state index in [9.17, 15) is 5.11 Å². The molecule has 0 fully saturated rings. The Morgan fingerprint density at radius 2 is 1.21 bits per heavy atom. The van der Waals surface area contributed by atoms with Gasteiger partial charge in [-0.1, -0.05) is 97.1 Å². The number of ether oxygens (including phenoxy) is 1. The maximum absolute atomic E-state index is 10.5. The number of nitrogens with one attached hydrogen (secondary N) is 1. The van der Waals surface area contributed by atoms with Gasteiger partial charge in [0, 0.05) is 16.8 Å². The fourth-order valence-corrected chi connectivity index (χ4v) is 4.14. The third-order valence-electron chi connectivity index (χ3n) is 5.47. The summed E-state index contributed by atoms with van der Waals surface area (Å²) in [7, 11) is 0. The first-order valence-corrected chi connectivity index (χ1v) is 9.72. The SMILES string of the molecule is Oc1ccccc1C1Nc2ccccc2C(c2ccccc2)(c2ccccc2)O1. The molecule has 3 nitrogen and oxygen atoms in total. The van der Waals surface area contributed by atoms with Crippen molar-refractivity contribution in [1.82, 2.24) is 0 Å². The minimum absolute atomic E-state index is 0.208. The summed E-state index contributed by atoms with van der Waals surface area (Å²) in [5.41, 5.74) is 4.01. The quantitative estimate of drug-likeness (QED) is 0.471. The number of para-hydroxylation sites is 2. The number of hydrogen-bond acceptors (Lipinski definition) is 3.